The van der Waals surface area contributed by atoms with Gasteiger partial charge in [0.25, 0.3) is 0 Å². The van der Waals surface area contributed by atoms with Crippen molar-refractivity contribution < 1.29 is 5.11 Å². The third-order valence-electron chi connectivity index (χ3n) is 3.09. The van der Waals surface area contributed by atoms with E-state index in [-0.39, 0.29) is 6.61 Å². The van der Waals surface area contributed by atoms with Gasteiger partial charge in [0.15, 0.2) is 0 Å². The molecule has 1 heterocycles. The number of hydrogen-bond acceptors (Lipinski definition) is 2. The highest BCUT2D eigenvalue weighted by Crippen LogP contribution is 2.29. The molecule has 0 aliphatic heterocycles. The molecule has 3 nitrogen and oxygen atoms in total. The number of fused-ring (bicyclic) bond motifs is 1. The van der Waals surface area contributed by atoms with Crippen LogP contribution in [0.25, 0.3) is 22.4 Å². The smallest absolute Gasteiger partial charge is 0.142 e. The van der Waals surface area contributed by atoms with Crippen LogP contribution in [0.2, 0.25) is 5.02 Å². The van der Waals surface area contributed by atoms with E-state index >= 15 is 0 Å². The van der Waals surface area contributed by atoms with E-state index in [2.05, 4.69) is 4.98 Å². The zero-order valence-corrected chi connectivity index (χ0v) is 11.0. The van der Waals surface area contributed by atoms with E-state index in [4.69, 9.17) is 11.6 Å². The number of aliphatic hydroxyl groups excluding tert-OH is 1. The van der Waals surface area contributed by atoms with Crippen molar-refractivity contribution in [2.75, 3.05) is 6.61 Å². The van der Waals surface area contributed by atoms with Crippen LogP contribution >= 0.6 is 11.6 Å². The molecule has 0 atom stereocenters. The van der Waals surface area contributed by atoms with Crippen LogP contribution in [0.1, 0.15) is 0 Å². The van der Waals surface area contributed by atoms with Gasteiger partial charge in [-0.3, -0.25) is 0 Å². The Labute approximate surface area is 116 Å². The van der Waals surface area contributed by atoms with Crippen LogP contribution in [0.15, 0.2) is 48.5 Å². The van der Waals surface area contributed by atoms with Crippen molar-refractivity contribution in [1.82, 2.24) is 9.55 Å². The SMILES string of the molecule is OCCn1c(-c2ccccc2Cl)nc2ccccc21. The van der Waals surface area contributed by atoms with Gasteiger partial charge in [0, 0.05) is 12.1 Å². The number of nitrogens with zero attached hydrogens (tertiary/aromatic N) is 2. The van der Waals surface area contributed by atoms with Gasteiger partial charge in [-0.25, -0.2) is 4.98 Å². The highest BCUT2D eigenvalue weighted by Gasteiger charge is 2.13. The maximum Gasteiger partial charge on any atom is 0.142 e. The summed E-state index contributed by atoms with van der Waals surface area (Å²) in [5, 5.41) is 9.92. The molecule has 0 saturated carbocycles. The van der Waals surface area contributed by atoms with Crippen molar-refractivity contribution in [2.24, 2.45) is 0 Å². The Hall–Kier alpha value is -1.84. The largest absolute Gasteiger partial charge is 0.395 e. The average molecular weight is 273 g/mol. The molecule has 0 aliphatic carbocycles. The van der Waals surface area contributed by atoms with Crippen LogP contribution in [0.3, 0.4) is 0 Å². The maximum atomic E-state index is 9.26. The minimum Gasteiger partial charge on any atom is -0.395 e. The third kappa shape index (κ3) is 2.11. The van der Waals surface area contributed by atoms with Crippen molar-refractivity contribution in [3.8, 4) is 11.4 Å². The van der Waals surface area contributed by atoms with E-state index in [0.29, 0.717) is 11.6 Å². The summed E-state index contributed by atoms with van der Waals surface area (Å²) in [5.74, 6) is 0.792. The number of imidazole rings is 1. The van der Waals surface area contributed by atoms with Crippen molar-refractivity contribution in [3.63, 3.8) is 0 Å². The molecular formula is C15H13ClN2O. The molecule has 1 N–H and O–H groups in total. The van der Waals surface area contributed by atoms with Gasteiger partial charge in [-0.2, -0.15) is 0 Å². The lowest BCUT2D eigenvalue weighted by Crippen LogP contribution is -2.04. The van der Waals surface area contributed by atoms with Crippen LogP contribution < -0.4 is 0 Å². The van der Waals surface area contributed by atoms with E-state index in [9.17, 15) is 5.11 Å². The van der Waals surface area contributed by atoms with Gasteiger partial charge >= 0.3 is 0 Å². The van der Waals surface area contributed by atoms with Gasteiger partial charge < -0.3 is 9.67 Å². The molecule has 0 radical (unpaired) electrons. The summed E-state index contributed by atoms with van der Waals surface area (Å²) in [6, 6.07) is 15.5. The lowest BCUT2D eigenvalue weighted by atomic mass is 10.2. The van der Waals surface area contributed by atoms with Gasteiger partial charge in [-0.1, -0.05) is 35.9 Å². The molecule has 4 heteroatoms. The fourth-order valence-electron chi connectivity index (χ4n) is 2.25. The minimum atomic E-state index is 0.0673. The van der Waals surface area contributed by atoms with E-state index in [1.807, 2.05) is 53.1 Å². The van der Waals surface area contributed by atoms with E-state index in [0.717, 1.165) is 22.4 Å². The number of rotatable bonds is 3. The predicted molar refractivity (Wildman–Crippen MR) is 77.3 cm³/mol. The number of para-hydroxylation sites is 2. The molecule has 0 aliphatic rings. The van der Waals surface area contributed by atoms with Gasteiger partial charge in [0.2, 0.25) is 0 Å². The normalized spacial score (nSPS) is 11.1. The molecule has 0 fully saturated rings. The van der Waals surface area contributed by atoms with Gasteiger partial charge in [-0.05, 0) is 24.3 Å². The molecule has 3 aromatic rings. The second kappa shape index (κ2) is 5.03. The summed E-state index contributed by atoms with van der Waals surface area (Å²) in [6.07, 6.45) is 0. The van der Waals surface area contributed by atoms with Crippen LogP contribution in [-0.4, -0.2) is 21.3 Å². The fourth-order valence-corrected chi connectivity index (χ4v) is 2.47. The van der Waals surface area contributed by atoms with Gasteiger partial charge in [-0.15, -0.1) is 0 Å². The molecule has 96 valence electrons. The third-order valence-corrected chi connectivity index (χ3v) is 3.42. The van der Waals surface area contributed by atoms with Crippen LogP contribution in [0, 0.1) is 0 Å². The minimum absolute atomic E-state index is 0.0673. The summed E-state index contributed by atoms with van der Waals surface area (Å²) in [6.45, 7) is 0.568. The first-order chi connectivity index (χ1) is 9.31. The first-order valence-corrected chi connectivity index (χ1v) is 6.50. The lowest BCUT2D eigenvalue weighted by molar-refractivity contribution is 0.278. The summed E-state index contributed by atoms with van der Waals surface area (Å²) in [5.41, 5.74) is 2.80. The Bertz CT molecular complexity index is 721. The van der Waals surface area contributed by atoms with Crippen LogP contribution in [0.5, 0.6) is 0 Å². The van der Waals surface area contributed by atoms with E-state index in [1.165, 1.54) is 0 Å². The molecule has 0 saturated heterocycles. The fraction of sp³-hybridized carbons (Fsp3) is 0.133. The Morgan fingerprint density at radius 3 is 2.58 bits per heavy atom. The zero-order chi connectivity index (χ0) is 13.2. The summed E-state index contributed by atoms with van der Waals surface area (Å²) >= 11 is 6.24. The predicted octanol–water partition coefficient (Wildman–Crippen LogP) is 3.35. The molecule has 0 bridgehead atoms. The van der Waals surface area contributed by atoms with Gasteiger partial charge in [0.1, 0.15) is 5.82 Å². The molecule has 1 aromatic heterocycles. The van der Waals surface area contributed by atoms with Crippen molar-refractivity contribution in [3.05, 3.63) is 53.6 Å². The maximum absolute atomic E-state index is 9.26. The Kier molecular flexibility index (Phi) is 3.23. The standard InChI is InChI=1S/C15H13ClN2O/c16-12-6-2-1-5-11(12)15-17-13-7-3-4-8-14(13)18(15)9-10-19/h1-8,19H,9-10H2. The summed E-state index contributed by atoms with van der Waals surface area (Å²) < 4.78 is 2.00. The molecule has 19 heavy (non-hydrogen) atoms. The highest BCUT2D eigenvalue weighted by molar-refractivity contribution is 6.33. The lowest BCUT2D eigenvalue weighted by Gasteiger charge is -2.08. The first kappa shape index (κ1) is 12.2. The number of benzene rings is 2. The Balaban J connectivity index is 2.28. The Morgan fingerprint density at radius 2 is 1.79 bits per heavy atom. The zero-order valence-electron chi connectivity index (χ0n) is 10.3. The second-order valence-electron chi connectivity index (χ2n) is 4.28. The number of aromatic nitrogens is 2. The van der Waals surface area contributed by atoms with Crippen LogP contribution in [-0.2, 0) is 6.54 Å². The molecular weight excluding hydrogens is 260 g/mol. The van der Waals surface area contributed by atoms with Crippen LogP contribution in [0.4, 0.5) is 0 Å². The van der Waals surface area contributed by atoms with E-state index < -0.39 is 0 Å². The van der Waals surface area contributed by atoms with E-state index in [1.54, 1.807) is 0 Å². The first-order valence-electron chi connectivity index (χ1n) is 6.12. The summed E-state index contributed by atoms with van der Waals surface area (Å²) in [4.78, 5) is 4.63. The van der Waals surface area contributed by atoms with Gasteiger partial charge in [0.05, 0.1) is 22.7 Å². The monoisotopic (exact) mass is 272 g/mol. The molecule has 2 aromatic carbocycles. The molecule has 0 spiro atoms. The molecule has 3 rings (SSSR count). The number of aliphatic hydroxyl groups is 1. The van der Waals surface area contributed by atoms with Crippen molar-refractivity contribution >= 4 is 22.6 Å². The second-order valence-corrected chi connectivity index (χ2v) is 4.69. The average Bonchev–Trinajstić information content (AvgIpc) is 2.79. The topological polar surface area (TPSA) is 38.0 Å². The summed E-state index contributed by atoms with van der Waals surface area (Å²) in [7, 11) is 0. The highest BCUT2D eigenvalue weighted by atomic mass is 35.5. The number of halogens is 1. The van der Waals surface area contributed by atoms with Crippen molar-refractivity contribution in [1.29, 1.82) is 0 Å². The number of hydrogen-bond donors (Lipinski definition) is 1. The Morgan fingerprint density at radius 1 is 1.05 bits per heavy atom. The quantitative estimate of drug-likeness (QED) is 0.794. The van der Waals surface area contributed by atoms with Crippen molar-refractivity contribution in [2.45, 2.75) is 6.54 Å². The molecule has 0 amide bonds. The molecule has 0 unspecified atom stereocenters.